The van der Waals surface area contributed by atoms with E-state index >= 15 is 0 Å². The van der Waals surface area contributed by atoms with Crippen molar-refractivity contribution in [3.8, 4) is 11.5 Å². The number of hydrogen-bond acceptors (Lipinski definition) is 5. The molecule has 1 amide bonds. The number of nitrogens with zero attached hydrogens (tertiary/aromatic N) is 1. The Kier molecular flexibility index (Phi) is 6.32. The van der Waals surface area contributed by atoms with Crippen LogP contribution >= 0.6 is 15.9 Å². The minimum atomic E-state index is -0.365. The first kappa shape index (κ1) is 21.2. The molecule has 2 aromatic carbocycles. The van der Waals surface area contributed by atoms with Crippen LogP contribution in [0.1, 0.15) is 35.2 Å². The SMILES string of the molecule is COc1ccc(Br)c(OC)c1C(=O)NC1CC2CC(O)C(C1)N2Cc1ccccc1. The summed E-state index contributed by atoms with van der Waals surface area (Å²) in [6.07, 6.45) is 1.91. The lowest BCUT2D eigenvalue weighted by atomic mass is 9.95. The molecule has 7 heteroatoms. The molecular formula is C23H27BrN2O4. The Morgan fingerprint density at radius 2 is 1.90 bits per heavy atom. The summed E-state index contributed by atoms with van der Waals surface area (Å²) >= 11 is 3.44. The van der Waals surface area contributed by atoms with Crippen LogP contribution in [0.15, 0.2) is 46.9 Å². The van der Waals surface area contributed by atoms with Crippen molar-refractivity contribution in [3.05, 3.63) is 58.1 Å². The Hall–Kier alpha value is -2.09. The van der Waals surface area contributed by atoms with Crippen LogP contribution in [0.3, 0.4) is 0 Å². The van der Waals surface area contributed by atoms with Crippen LogP contribution in [0, 0.1) is 0 Å². The van der Waals surface area contributed by atoms with Crippen LogP contribution in [-0.4, -0.2) is 54.4 Å². The number of carbonyl (C=O) groups excluding carboxylic acids is 1. The first-order valence-corrected chi connectivity index (χ1v) is 11.0. The van der Waals surface area contributed by atoms with E-state index in [1.165, 1.54) is 19.8 Å². The Morgan fingerprint density at radius 1 is 1.13 bits per heavy atom. The quantitative estimate of drug-likeness (QED) is 0.671. The fourth-order valence-corrected chi connectivity index (χ4v) is 5.34. The predicted molar refractivity (Wildman–Crippen MR) is 118 cm³/mol. The molecular weight excluding hydrogens is 448 g/mol. The number of ether oxygens (including phenoxy) is 2. The summed E-state index contributed by atoms with van der Waals surface area (Å²) in [6.45, 7) is 0.821. The summed E-state index contributed by atoms with van der Waals surface area (Å²) in [4.78, 5) is 15.5. The van der Waals surface area contributed by atoms with Crippen LogP contribution in [0.5, 0.6) is 11.5 Å². The fourth-order valence-electron chi connectivity index (χ4n) is 4.84. The lowest BCUT2D eigenvalue weighted by Crippen LogP contribution is -2.51. The fraction of sp³-hybridized carbons (Fsp3) is 0.435. The van der Waals surface area contributed by atoms with Gasteiger partial charge in [-0.05, 0) is 52.9 Å². The van der Waals surface area contributed by atoms with E-state index in [0.29, 0.717) is 21.5 Å². The zero-order valence-corrected chi connectivity index (χ0v) is 18.8. The van der Waals surface area contributed by atoms with Crippen molar-refractivity contribution < 1.29 is 19.4 Å². The number of hydrogen-bond donors (Lipinski definition) is 2. The van der Waals surface area contributed by atoms with Gasteiger partial charge in [0.2, 0.25) is 0 Å². The summed E-state index contributed by atoms with van der Waals surface area (Å²) in [7, 11) is 3.08. The van der Waals surface area contributed by atoms with E-state index < -0.39 is 0 Å². The lowest BCUT2D eigenvalue weighted by molar-refractivity contribution is 0.0601. The number of methoxy groups -OCH3 is 2. The van der Waals surface area contributed by atoms with E-state index in [9.17, 15) is 9.90 Å². The second-order valence-corrected chi connectivity index (χ2v) is 8.84. The van der Waals surface area contributed by atoms with Gasteiger partial charge in [0.1, 0.15) is 17.1 Å². The Bertz CT molecular complexity index is 908. The van der Waals surface area contributed by atoms with Crippen LogP contribution in [0.2, 0.25) is 0 Å². The number of benzene rings is 2. The third-order valence-corrected chi connectivity index (χ3v) is 6.83. The van der Waals surface area contributed by atoms with Crippen molar-refractivity contribution in [3.63, 3.8) is 0 Å². The zero-order valence-electron chi connectivity index (χ0n) is 17.2. The topological polar surface area (TPSA) is 71.0 Å². The molecule has 0 aliphatic carbocycles. The summed E-state index contributed by atoms with van der Waals surface area (Å²) < 4.78 is 11.5. The number of halogens is 1. The third kappa shape index (κ3) is 4.06. The number of fused-ring (bicyclic) bond motifs is 2. The number of aliphatic hydroxyl groups excluding tert-OH is 1. The minimum absolute atomic E-state index is 0.00920. The smallest absolute Gasteiger partial charge is 0.259 e. The summed E-state index contributed by atoms with van der Waals surface area (Å²) in [5.74, 6) is 0.703. The van der Waals surface area contributed by atoms with E-state index in [2.05, 4.69) is 38.3 Å². The summed E-state index contributed by atoms with van der Waals surface area (Å²) in [6, 6.07) is 14.2. The van der Waals surface area contributed by atoms with Gasteiger partial charge in [-0.25, -0.2) is 0 Å². The molecule has 2 aromatic rings. The molecule has 0 saturated carbocycles. The van der Waals surface area contributed by atoms with E-state index in [0.717, 1.165) is 25.8 Å². The van der Waals surface area contributed by atoms with Crippen LogP contribution in [0.4, 0.5) is 0 Å². The van der Waals surface area contributed by atoms with E-state index in [4.69, 9.17) is 9.47 Å². The first-order valence-electron chi connectivity index (χ1n) is 10.2. The van der Waals surface area contributed by atoms with Gasteiger partial charge in [-0.15, -0.1) is 0 Å². The van der Waals surface area contributed by atoms with Crippen molar-refractivity contribution in [2.75, 3.05) is 14.2 Å². The van der Waals surface area contributed by atoms with Gasteiger partial charge >= 0.3 is 0 Å². The maximum atomic E-state index is 13.1. The molecule has 4 rings (SSSR count). The highest BCUT2D eigenvalue weighted by Gasteiger charge is 2.46. The normalized spacial score (nSPS) is 25.7. The monoisotopic (exact) mass is 474 g/mol. The average molecular weight is 475 g/mol. The van der Waals surface area contributed by atoms with Gasteiger partial charge in [-0.3, -0.25) is 9.69 Å². The van der Waals surface area contributed by atoms with Crippen molar-refractivity contribution in [2.45, 2.75) is 50.0 Å². The largest absolute Gasteiger partial charge is 0.496 e. The Balaban J connectivity index is 1.49. The second-order valence-electron chi connectivity index (χ2n) is 7.98. The molecule has 4 unspecified atom stereocenters. The van der Waals surface area contributed by atoms with Gasteiger partial charge < -0.3 is 19.9 Å². The second kappa shape index (κ2) is 8.96. The molecule has 0 radical (unpaired) electrons. The molecule has 6 nitrogen and oxygen atoms in total. The number of nitrogens with one attached hydrogen (secondary N) is 1. The van der Waals surface area contributed by atoms with Crippen molar-refractivity contribution >= 4 is 21.8 Å². The first-order chi connectivity index (χ1) is 14.5. The van der Waals surface area contributed by atoms with Crippen LogP contribution in [0.25, 0.3) is 0 Å². The highest BCUT2D eigenvalue weighted by atomic mass is 79.9. The number of aliphatic hydroxyl groups is 1. The average Bonchev–Trinajstić information content (AvgIpc) is 2.92. The summed E-state index contributed by atoms with van der Waals surface area (Å²) in [5.41, 5.74) is 1.63. The van der Waals surface area contributed by atoms with Crippen molar-refractivity contribution in [2.24, 2.45) is 0 Å². The molecule has 2 bridgehead atoms. The maximum Gasteiger partial charge on any atom is 0.259 e. The maximum absolute atomic E-state index is 13.1. The van der Waals surface area contributed by atoms with Gasteiger partial charge in [0.15, 0.2) is 0 Å². The number of piperidine rings is 1. The Morgan fingerprint density at radius 3 is 2.57 bits per heavy atom. The third-order valence-electron chi connectivity index (χ3n) is 6.20. The molecule has 0 aromatic heterocycles. The highest BCUT2D eigenvalue weighted by Crippen LogP contribution is 2.39. The molecule has 2 N–H and O–H groups in total. The van der Waals surface area contributed by atoms with Gasteiger partial charge in [-0.1, -0.05) is 30.3 Å². The predicted octanol–water partition coefficient (Wildman–Crippen LogP) is 3.36. The summed E-state index contributed by atoms with van der Waals surface area (Å²) in [5, 5.41) is 13.8. The number of carbonyl (C=O) groups is 1. The minimum Gasteiger partial charge on any atom is -0.496 e. The van der Waals surface area contributed by atoms with Crippen molar-refractivity contribution in [1.82, 2.24) is 10.2 Å². The van der Waals surface area contributed by atoms with Crippen molar-refractivity contribution in [1.29, 1.82) is 0 Å². The number of rotatable bonds is 6. The molecule has 2 heterocycles. The van der Waals surface area contributed by atoms with E-state index in [1.807, 2.05) is 18.2 Å². The lowest BCUT2D eigenvalue weighted by Gasteiger charge is -2.39. The standard InChI is InChI=1S/C23H27BrN2O4/c1-29-20-9-8-17(24)22(30-2)21(20)23(28)25-15-10-16-12-19(27)18(11-15)26(16)13-14-6-4-3-5-7-14/h3-9,15-16,18-19,27H,10-13H2,1-2H3,(H,25,28). The molecule has 160 valence electrons. The van der Waals surface area contributed by atoms with Gasteiger partial charge in [0, 0.05) is 24.7 Å². The molecule has 4 atom stereocenters. The van der Waals surface area contributed by atoms with Crippen LogP contribution < -0.4 is 14.8 Å². The molecule has 2 fully saturated rings. The molecule has 2 aliphatic heterocycles. The van der Waals surface area contributed by atoms with Gasteiger partial charge in [0.05, 0.1) is 24.8 Å². The molecule has 2 saturated heterocycles. The number of amides is 1. The molecule has 30 heavy (non-hydrogen) atoms. The van der Waals surface area contributed by atoms with Gasteiger partial charge in [-0.2, -0.15) is 0 Å². The van der Waals surface area contributed by atoms with Gasteiger partial charge in [0.25, 0.3) is 5.91 Å². The Labute approximate surface area is 185 Å². The van der Waals surface area contributed by atoms with Crippen LogP contribution in [-0.2, 0) is 6.54 Å². The van der Waals surface area contributed by atoms with E-state index in [1.54, 1.807) is 12.1 Å². The zero-order chi connectivity index (χ0) is 21.3. The highest BCUT2D eigenvalue weighted by molar-refractivity contribution is 9.10. The molecule has 2 aliphatic rings. The molecule has 0 spiro atoms. The van der Waals surface area contributed by atoms with E-state index in [-0.39, 0.29) is 30.1 Å².